The third-order valence-corrected chi connectivity index (χ3v) is 4.38. The van der Waals surface area contributed by atoms with Gasteiger partial charge in [-0.1, -0.05) is 60.7 Å². The van der Waals surface area contributed by atoms with Gasteiger partial charge in [-0.3, -0.25) is 9.80 Å². The zero-order chi connectivity index (χ0) is 15.9. The Labute approximate surface area is 139 Å². The lowest BCUT2D eigenvalue weighted by atomic mass is 10.1. The van der Waals surface area contributed by atoms with Crippen LogP contribution in [0.4, 0.5) is 0 Å². The second-order valence-corrected chi connectivity index (χ2v) is 6.47. The SMILES string of the molecule is OC1CCCN(CN(Cc2ccccc2)Cc2ccccc2)C1. The Hall–Kier alpha value is -1.68. The van der Waals surface area contributed by atoms with E-state index in [4.69, 9.17) is 0 Å². The quantitative estimate of drug-likeness (QED) is 0.888. The van der Waals surface area contributed by atoms with Crippen molar-refractivity contribution >= 4 is 0 Å². The lowest BCUT2D eigenvalue weighted by Crippen LogP contribution is -2.44. The first-order valence-corrected chi connectivity index (χ1v) is 8.50. The molecular weight excluding hydrogens is 284 g/mol. The second-order valence-electron chi connectivity index (χ2n) is 6.47. The van der Waals surface area contributed by atoms with Crippen molar-refractivity contribution < 1.29 is 5.11 Å². The zero-order valence-corrected chi connectivity index (χ0v) is 13.6. The van der Waals surface area contributed by atoms with Crippen molar-refractivity contribution in [2.24, 2.45) is 0 Å². The molecule has 1 N–H and O–H groups in total. The number of aliphatic hydroxyl groups is 1. The Bertz CT molecular complexity index is 531. The lowest BCUT2D eigenvalue weighted by Gasteiger charge is -2.35. The van der Waals surface area contributed by atoms with E-state index < -0.39 is 0 Å². The van der Waals surface area contributed by atoms with Crippen LogP contribution < -0.4 is 0 Å². The molecule has 2 aromatic carbocycles. The molecule has 3 heteroatoms. The molecule has 1 atom stereocenters. The molecule has 1 fully saturated rings. The summed E-state index contributed by atoms with van der Waals surface area (Å²) >= 11 is 0. The van der Waals surface area contributed by atoms with Gasteiger partial charge in [0.05, 0.1) is 12.8 Å². The number of hydrogen-bond donors (Lipinski definition) is 1. The number of rotatable bonds is 6. The second kappa shape index (κ2) is 8.25. The number of hydrogen-bond acceptors (Lipinski definition) is 3. The van der Waals surface area contributed by atoms with Gasteiger partial charge in [-0.25, -0.2) is 0 Å². The maximum Gasteiger partial charge on any atom is 0.0668 e. The van der Waals surface area contributed by atoms with Crippen LogP contribution in [0.25, 0.3) is 0 Å². The summed E-state index contributed by atoms with van der Waals surface area (Å²) in [7, 11) is 0. The van der Waals surface area contributed by atoms with Gasteiger partial charge in [0.2, 0.25) is 0 Å². The maximum atomic E-state index is 9.91. The molecule has 3 nitrogen and oxygen atoms in total. The highest BCUT2D eigenvalue weighted by Crippen LogP contribution is 2.14. The van der Waals surface area contributed by atoms with E-state index in [1.54, 1.807) is 0 Å². The fraction of sp³-hybridized carbons (Fsp3) is 0.400. The van der Waals surface area contributed by atoms with Gasteiger partial charge in [0.1, 0.15) is 0 Å². The topological polar surface area (TPSA) is 26.7 Å². The van der Waals surface area contributed by atoms with E-state index in [-0.39, 0.29) is 6.10 Å². The fourth-order valence-electron chi connectivity index (χ4n) is 3.28. The number of nitrogens with zero attached hydrogens (tertiary/aromatic N) is 2. The Morgan fingerprint density at radius 1 is 0.913 bits per heavy atom. The van der Waals surface area contributed by atoms with Crippen molar-refractivity contribution in [2.75, 3.05) is 19.8 Å². The van der Waals surface area contributed by atoms with Crippen molar-refractivity contribution in [1.29, 1.82) is 0 Å². The average Bonchev–Trinajstić information content (AvgIpc) is 2.57. The van der Waals surface area contributed by atoms with Gasteiger partial charge in [0, 0.05) is 19.6 Å². The van der Waals surface area contributed by atoms with E-state index in [1.807, 2.05) is 0 Å². The average molecular weight is 310 g/mol. The number of likely N-dealkylation sites (tertiary alicyclic amines) is 1. The van der Waals surface area contributed by atoms with E-state index in [0.29, 0.717) is 0 Å². The normalized spacial score (nSPS) is 19.1. The predicted molar refractivity (Wildman–Crippen MR) is 93.8 cm³/mol. The van der Waals surface area contributed by atoms with Crippen LogP contribution in [0.1, 0.15) is 24.0 Å². The third kappa shape index (κ3) is 5.17. The smallest absolute Gasteiger partial charge is 0.0668 e. The molecule has 1 heterocycles. The van der Waals surface area contributed by atoms with Crippen LogP contribution in [0.5, 0.6) is 0 Å². The van der Waals surface area contributed by atoms with Gasteiger partial charge in [-0.15, -0.1) is 0 Å². The van der Waals surface area contributed by atoms with Crippen molar-refractivity contribution in [2.45, 2.75) is 32.0 Å². The summed E-state index contributed by atoms with van der Waals surface area (Å²) < 4.78 is 0. The minimum absolute atomic E-state index is 0.168. The van der Waals surface area contributed by atoms with E-state index in [1.165, 1.54) is 11.1 Å². The van der Waals surface area contributed by atoms with E-state index in [0.717, 1.165) is 45.7 Å². The molecule has 1 unspecified atom stereocenters. The van der Waals surface area contributed by atoms with Crippen LogP contribution in [-0.2, 0) is 13.1 Å². The van der Waals surface area contributed by atoms with E-state index in [2.05, 4.69) is 70.5 Å². The van der Waals surface area contributed by atoms with Crippen molar-refractivity contribution in [3.63, 3.8) is 0 Å². The first-order valence-electron chi connectivity index (χ1n) is 8.50. The highest BCUT2D eigenvalue weighted by Gasteiger charge is 2.20. The number of benzene rings is 2. The fourth-order valence-corrected chi connectivity index (χ4v) is 3.28. The predicted octanol–water partition coefficient (Wildman–Crippen LogP) is 3.10. The third-order valence-electron chi connectivity index (χ3n) is 4.38. The Morgan fingerprint density at radius 3 is 2.00 bits per heavy atom. The first kappa shape index (κ1) is 16.2. The van der Waals surface area contributed by atoms with Gasteiger partial charge in [0.15, 0.2) is 0 Å². The number of aliphatic hydroxyl groups excluding tert-OH is 1. The molecule has 122 valence electrons. The van der Waals surface area contributed by atoms with E-state index in [9.17, 15) is 5.11 Å². The molecule has 0 radical (unpaired) electrons. The maximum absolute atomic E-state index is 9.91. The highest BCUT2D eigenvalue weighted by atomic mass is 16.3. The molecule has 0 bridgehead atoms. The van der Waals surface area contributed by atoms with Crippen LogP contribution in [-0.4, -0.2) is 40.8 Å². The van der Waals surface area contributed by atoms with Gasteiger partial charge < -0.3 is 5.11 Å². The van der Waals surface area contributed by atoms with Crippen molar-refractivity contribution in [3.8, 4) is 0 Å². The van der Waals surface area contributed by atoms with Gasteiger partial charge in [0.25, 0.3) is 0 Å². The van der Waals surface area contributed by atoms with Crippen molar-refractivity contribution in [3.05, 3.63) is 71.8 Å². The van der Waals surface area contributed by atoms with Crippen LogP contribution >= 0.6 is 0 Å². The standard InChI is InChI=1S/C20H26N2O/c23-20-12-7-13-21(16-20)17-22(14-18-8-3-1-4-9-18)15-19-10-5-2-6-11-19/h1-6,8-11,20,23H,7,12-17H2. The molecule has 1 aliphatic heterocycles. The number of β-amino-alcohol motifs (C(OH)–C–C–N with tert-alkyl or cyclic N) is 1. The minimum Gasteiger partial charge on any atom is -0.392 e. The zero-order valence-electron chi connectivity index (χ0n) is 13.6. The van der Waals surface area contributed by atoms with Crippen LogP contribution in [0.2, 0.25) is 0 Å². The van der Waals surface area contributed by atoms with E-state index >= 15 is 0 Å². The highest BCUT2D eigenvalue weighted by molar-refractivity contribution is 5.17. The first-order chi connectivity index (χ1) is 11.3. The lowest BCUT2D eigenvalue weighted by molar-refractivity contribution is 0.0311. The molecular formula is C20H26N2O. The molecule has 0 aliphatic carbocycles. The van der Waals surface area contributed by atoms with Crippen LogP contribution in [0.15, 0.2) is 60.7 Å². The summed E-state index contributed by atoms with van der Waals surface area (Å²) in [6, 6.07) is 21.2. The Kier molecular flexibility index (Phi) is 5.81. The molecule has 0 spiro atoms. The largest absolute Gasteiger partial charge is 0.392 e. The summed E-state index contributed by atoms with van der Waals surface area (Å²) in [6.45, 7) is 4.64. The monoisotopic (exact) mass is 310 g/mol. The van der Waals surface area contributed by atoms with Gasteiger partial charge >= 0.3 is 0 Å². The molecule has 3 rings (SSSR count). The molecule has 2 aromatic rings. The summed E-state index contributed by atoms with van der Waals surface area (Å²) in [5.74, 6) is 0. The minimum atomic E-state index is -0.168. The number of piperidine rings is 1. The van der Waals surface area contributed by atoms with Crippen molar-refractivity contribution in [1.82, 2.24) is 9.80 Å². The molecule has 1 saturated heterocycles. The van der Waals surface area contributed by atoms with Gasteiger partial charge in [-0.2, -0.15) is 0 Å². The summed E-state index contributed by atoms with van der Waals surface area (Å²) in [4.78, 5) is 4.84. The van der Waals surface area contributed by atoms with Crippen LogP contribution in [0.3, 0.4) is 0 Å². The molecule has 0 aromatic heterocycles. The summed E-state index contributed by atoms with van der Waals surface area (Å²) in [5.41, 5.74) is 2.67. The molecule has 1 aliphatic rings. The van der Waals surface area contributed by atoms with Gasteiger partial charge in [-0.05, 0) is 30.5 Å². The Balaban J connectivity index is 1.67. The van der Waals surface area contributed by atoms with Crippen LogP contribution in [0, 0.1) is 0 Å². The summed E-state index contributed by atoms with van der Waals surface area (Å²) in [6.07, 6.45) is 1.86. The summed E-state index contributed by atoms with van der Waals surface area (Å²) in [5, 5.41) is 9.91. The Morgan fingerprint density at radius 2 is 1.48 bits per heavy atom. The molecule has 0 amide bonds. The molecule has 0 saturated carbocycles. The molecule has 23 heavy (non-hydrogen) atoms.